The number of carbonyl (C=O) groups excluding carboxylic acids is 2. The molecule has 0 spiro atoms. The van der Waals surface area contributed by atoms with Crippen LogP contribution in [0.25, 0.3) is 0 Å². The van der Waals surface area contributed by atoms with Crippen molar-refractivity contribution in [3.05, 3.63) is 53.1 Å². The molecule has 0 aliphatic heterocycles. The predicted molar refractivity (Wildman–Crippen MR) is 101 cm³/mol. The van der Waals surface area contributed by atoms with E-state index in [4.69, 9.17) is 14.2 Å². The third kappa shape index (κ3) is 5.64. The molecule has 2 aromatic rings. The van der Waals surface area contributed by atoms with E-state index in [1.54, 1.807) is 18.2 Å². The minimum absolute atomic E-state index is 0.235. The van der Waals surface area contributed by atoms with Crippen molar-refractivity contribution in [2.45, 2.75) is 26.3 Å². The number of benzene rings is 2. The average molecular weight is 386 g/mol. The summed E-state index contributed by atoms with van der Waals surface area (Å²) >= 11 is 0. The molecule has 7 nitrogen and oxygen atoms in total. The van der Waals surface area contributed by atoms with Gasteiger partial charge in [-0.15, -0.1) is 0 Å². The highest BCUT2D eigenvalue weighted by Crippen LogP contribution is 2.31. The smallest absolute Gasteiger partial charge is 0.258 e. The molecular weight excluding hydrogens is 362 g/mol. The van der Waals surface area contributed by atoms with E-state index in [1.807, 2.05) is 32.0 Å². The van der Waals surface area contributed by atoms with E-state index in [1.165, 1.54) is 14.2 Å². The number of methoxy groups -OCH3 is 2. The maximum Gasteiger partial charge on any atom is 0.258 e. The van der Waals surface area contributed by atoms with Gasteiger partial charge in [-0.05, 0) is 48.7 Å². The van der Waals surface area contributed by atoms with Gasteiger partial charge in [0.1, 0.15) is 5.75 Å². The number of nitrogens with one attached hydrogen (secondary N) is 1. The Morgan fingerprint density at radius 3 is 2.36 bits per heavy atom. The van der Waals surface area contributed by atoms with Crippen LogP contribution < -0.4 is 24.6 Å². The Kier molecular flexibility index (Phi) is 7.26. The zero-order valence-corrected chi connectivity index (χ0v) is 16.4. The van der Waals surface area contributed by atoms with Crippen molar-refractivity contribution in [3.63, 3.8) is 0 Å². The van der Waals surface area contributed by atoms with Crippen LogP contribution in [0.15, 0.2) is 36.4 Å². The van der Waals surface area contributed by atoms with Gasteiger partial charge >= 0.3 is 0 Å². The second-order valence-corrected chi connectivity index (χ2v) is 6.37. The monoisotopic (exact) mass is 386 g/mol. The van der Waals surface area contributed by atoms with Gasteiger partial charge in [0.25, 0.3) is 5.91 Å². The fraction of sp³-hybridized carbons (Fsp3) is 0.333. The molecule has 28 heavy (non-hydrogen) atoms. The summed E-state index contributed by atoms with van der Waals surface area (Å²) in [6, 6.07) is 9.85. The quantitative estimate of drug-likeness (QED) is 0.705. The molecule has 0 unspecified atom stereocenters. The standard InChI is InChI=1S/C21H25NO6/c1-13-5-6-14(2)18(9-13)28-12-20(23)22-16(11-21(24)25)15-7-8-17(26-3)19(10-15)27-4/h5-10,16H,11-12H2,1-4H3,(H,22,23)(H,24,25)/p-1/t16-/m0/s1. The number of aryl methyl sites for hydroxylation is 2. The van der Waals surface area contributed by atoms with Crippen LogP contribution in [0.1, 0.15) is 29.2 Å². The van der Waals surface area contributed by atoms with E-state index in [-0.39, 0.29) is 13.0 Å². The molecule has 1 N–H and O–H groups in total. The van der Waals surface area contributed by atoms with Crippen molar-refractivity contribution >= 4 is 11.9 Å². The zero-order valence-electron chi connectivity index (χ0n) is 16.4. The van der Waals surface area contributed by atoms with Crippen LogP contribution in [0.5, 0.6) is 17.2 Å². The molecule has 0 fully saturated rings. The fourth-order valence-electron chi connectivity index (χ4n) is 2.73. The highest BCUT2D eigenvalue weighted by Gasteiger charge is 2.18. The number of hydrogen-bond donors (Lipinski definition) is 1. The first-order chi connectivity index (χ1) is 13.3. The number of carbonyl (C=O) groups is 2. The maximum absolute atomic E-state index is 12.4. The highest BCUT2D eigenvalue weighted by atomic mass is 16.5. The van der Waals surface area contributed by atoms with Gasteiger partial charge < -0.3 is 29.4 Å². The molecule has 150 valence electrons. The molecule has 0 radical (unpaired) electrons. The van der Waals surface area contributed by atoms with Gasteiger partial charge in [0.15, 0.2) is 18.1 Å². The van der Waals surface area contributed by atoms with Crippen LogP contribution in [-0.4, -0.2) is 32.7 Å². The van der Waals surface area contributed by atoms with Crippen molar-refractivity contribution in [2.24, 2.45) is 0 Å². The van der Waals surface area contributed by atoms with E-state index in [0.717, 1.165) is 11.1 Å². The first-order valence-corrected chi connectivity index (χ1v) is 8.75. The molecule has 7 heteroatoms. The van der Waals surface area contributed by atoms with Crippen molar-refractivity contribution in [3.8, 4) is 17.2 Å². The number of aliphatic carboxylic acids is 1. The topological polar surface area (TPSA) is 96.9 Å². The summed E-state index contributed by atoms with van der Waals surface area (Å²) in [5.74, 6) is -0.178. The van der Waals surface area contributed by atoms with Crippen LogP contribution in [0.4, 0.5) is 0 Å². The molecule has 2 rings (SSSR count). The maximum atomic E-state index is 12.4. The molecule has 2 aromatic carbocycles. The van der Waals surface area contributed by atoms with E-state index in [2.05, 4.69) is 5.32 Å². The average Bonchev–Trinajstić information content (AvgIpc) is 2.67. The summed E-state index contributed by atoms with van der Waals surface area (Å²) in [7, 11) is 2.98. The molecule has 0 aliphatic carbocycles. The van der Waals surface area contributed by atoms with Crippen LogP contribution >= 0.6 is 0 Å². The summed E-state index contributed by atoms with van der Waals surface area (Å²) in [5.41, 5.74) is 2.48. The number of amides is 1. The zero-order chi connectivity index (χ0) is 20.7. The molecule has 0 saturated carbocycles. The molecule has 0 saturated heterocycles. The minimum atomic E-state index is -1.28. The normalized spacial score (nSPS) is 11.4. The predicted octanol–water partition coefficient (Wildman–Crippen LogP) is 1.70. The van der Waals surface area contributed by atoms with Gasteiger partial charge in [0, 0.05) is 12.4 Å². The van der Waals surface area contributed by atoms with Crippen LogP contribution in [-0.2, 0) is 9.59 Å². The molecule has 1 amide bonds. The number of carboxylic acids is 1. The Bertz CT molecular complexity index is 849. The molecule has 1 atom stereocenters. The SMILES string of the molecule is COc1ccc([C@H](CC(=O)[O-])NC(=O)COc2cc(C)ccc2C)cc1OC. The lowest BCUT2D eigenvalue weighted by atomic mass is 10.0. The van der Waals surface area contributed by atoms with E-state index in [0.29, 0.717) is 22.8 Å². The van der Waals surface area contributed by atoms with E-state index < -0.39 is 17.9 Å². The van der Waals surface area contributed by atoms with Crippen molar-refractivity contribution in [1.29, 1.82) is 0 Å². The Hall–Kier alpha value is -3.22. The Morgan fingerprint density at radius 2 is 1.71 bits per heavy atom. The second-order valence-electron chi connectivity index (χ2n) is 6.37. The fourth-order valence-corrected chi connectivity index (χ4v) is 2.73. The Balaban J connectivity index is 2.12. The molecule has 0 aliphatic rings. The summed E-state index contributed by atoms with van der Waals surface area (Å²) in [4.78, 5) is 23.5. The molecule has 0 heterocycles. The lowest BCUT2D eigenvalue weighted by Crippen LogP contribution is -2.36. The van der Waals surface area contributed by atoms with Crippen molar-refractivity contribution in [1.82, 2.24) is 5.32 Å². The minimum Gasteiger partial charge on any atom is -0.550 e. The highest BCUT2D eigenvalue weighted by molar-refractivity contribution is 5.79. The molecule has 0 bridgehead atoms. The van der Waals surface area contributed by atoms with Crippen LogP contribution in [0.2, 0.25) is 0 Å². The summed E-state index contributed by atoms with van der Waals surface area (Å²) in [6.07, 6.45) is -0.384. The third-order valence-corrected chi connectivity index (χ3v) is 4.22. The lowest BCUT2D eigenvalue weighted by molar-refractivity contribution is -0.306. The summed E-state index contributed by atoms with van der Waals surface area (Å²) < 4.78 is 16.0. The largest absolute Gasteiger partial charge is 0.550 e. The lowest BCUT2D eigenvalue weighted by Gasteiger charge is -2.21. The van der Waals surface area contributed by atoms with E-state index >= 15 is 0 Å². The summed E-state index contributed by atoms with van der Waals surface area (Å²) in [5, 5.41) is 13.8. The third-order valence-electron chi connectivity index (χ3n) is 4.22. The Morgan fingerprint density at radius 1 is 1.00 bits per heavy atom. The molecule has 0 aromatic heterocycles. The number of hydrogen-bond acceptors (Lipinski definition) is 6. The van der Waals surface area contributed by atoms with Crippen LogP contribution in [0.3, 0.4) is 0 Å². The summed E-state index contributed by atoms with van der Waals surface area (Å²) in [6.45, 7) is 3.58. The van der Waals surface area contributed by atoms with Gasteiger partial charge in [-0.2, -0.15) is 0 Å². The van der Waals surface area contributed by atoms with Crippen molar-refractivity contribution in [2.75, 3.05) is 20.8 Å². The number of rotatable bonds is 9. The first kappa shape index (κ1) is 21.1. The second kappa shape index (κ2) is 9.64. The Labute approximate surface area is 164 Å². The van der Waals surface area contributed by atoms with E-state index in [9.17, 15) is 14.7 Å². The van der Waals surface area contributed by atoms with Gasteiger partial charge in [0.2, 0.25) is 0 Å². The molecular formula is C21H24NO6-. The number of carboxylic acid groups (broad SMARTS) is 1. The van der Waals surface area contributed by atoms with Crippen LogP contribution in [0, 0.1) is 13.8 Å². The number of ether oxygens (including phenoxy) is 3. The van der Waals surface area contributed by atoms with Gasteiger partial charge in [-0.1, -0.05) is 18.2 Å². The van der Waals surface area contributed by atoms with Gasteiger partial charge in [-0.3, -0.25) is 4.79 Å². The van der Waals surface area contributed by atoms with Gasteiger partial charge in [0.05, 0.1) is 20.3 Å². The first-order valence-electron chi connectivity index (χ1n) is 8.75. The van der Waals surface area contributed by atoms with Crippen molar-refractivity contribution < 1.29 is 28.9 Å². The van der Waals surface area contributed by atoms with Gasteiger partial charge in [-0.25, -0.2) is 0 Å².